The Morgan fingerprint density at radius 3 is 2.56 bits per heavy atom. The lowest BCUT2D eigenvalue weighted by molar-refractivity contribution is 0.0617. The van der Waals surface area contributed by atoms with E-state index in [0.29, 0.717) is 18.6 Å². The van der Waals surface area contributed by atoms with E-state index in [1.54, 1.807) is 19.2 Å². The Balaban J connectivity index is 1.77. The molecule has 1 N–H and O–H groups in total. The summed E-state index contributed by atoms with van der Waals surface area (Å²) in [4.78, 5) is 12.8. The molecule has 0 saturated carbocycles. The topological polar surface area (TPSA) is 56.8 Å². The van der Waals surface area contributed by atoms with Gasteiger partial charge >= 0.3 is 0 Å². The van der Waals surface area contributed by atoms with Crippen molar-refractivity contribution in [1.29, 1.82) is 0 Å². The molecule has 1 heterocycles. The number of fused-ring (bicyclic) bond motifs is 1. The smallest absolute Gasteiger partial charge is 0.251 e. The highest BCUT2D eigenvalue weighted by Gasteiger charge is 2.35. The molecule has 1 aliphatic heterocycles. The number of nitrogens with one attached hydrogen (secondary N) is 1. The summed E-state index contributed by atoms with van der Waals surface area (Å²) in [6.07, 6.45) is 1.64. The normalized spacial score (nSPS) is 17.4. The zero-order valence-corrected chi connectivity index (χ0v) is 16.4. The summed E-state index contributed by atoms with van der Waals surface area (Å²) in [5.74, 6) is 2.15. The molecule has 0 saturated heterocycles. The van der Waals surface area contributed by atoms with E-state index in [9.17, 15) is 4.79 Å². The number of carbonyl (C=O) groups is 1. The van der Waals surface area contributed by atoms with Crippen LogP contribution in [0.5, 0.6) is 17.2 Å². The maximum atomic E-state index is 12.8. The van der Waals surface area contributed by atoms with Gasteiger partial charge in [-0.2, -0.15) is 0 Å². The van der Waals surface area contributed by atoms with Gasteiger partial charge in [0.05, 0.1) is 19.8 Å². The minimum atomic E-state index is -0.380. The quantitative estimate of drug-likeness (QED) is 0.814. The molecule has 0 spiro atoms. The van der Waals surface area contributed by atoms with Crippen LogP contribution in [-0.2, 0) is 0 Å². The fourth-order valence-corrected chi connectivity index (χ4v) is 3.25. The highest BCUT2D eigenvalue weighted by molar-refractivity contribution is 5.94. The Morgan fingerprint density at radius 2 is 1.89 bits per heavy atom. The fourth-order valence-electron chi connectivity index (χ4n) is 3.25. The number of benzene rings is 2. The van der Waals surface area contributed by atoms with Crippen molar-refractivity contribution in [3.05, 3.63) is 53.6 Å². The SMILES string of the molecule is CCCOc1ccc(C(=O)N[C@H]2CC(C)(C)Oc3cc(OC)ccc32)cc1. The number of methoxy groups -OCH3 is 1. The molecule has 2 aromatic carbocycles. The van der Waals surface area contributed by atoms with E-state index < -0.39 is 0 Å². The largest absolute Gasteiger partial charge is 0.497 e. The van der Waals surface area contributed by atoms with E-state index in [1.165, 1.54) is 0 Å². The molecule has 0 aliphatic carbocycles. The summed E-state index contributed by atoms with van der Waals surface area (Å²) in [6, 6.07) is 12.8. The molecule has 27 heavy (non-hydrogen) atoms. The van der Waals surface area contributed by atoms with Crippen LogP contribution in [0.4, 0.5) is 0 Å². The molecule has 1 atom stereocenters. The first kappa shape index (κ1) is 19.1. The number of carbonyl (C=O) groups excluding carboxylic acids is 1. The summed E-state index contributed by atoms with van der Waals surface area (Å²) >= 11 is 0. The van der Waals surface area contributed by atoms with Gasteiger partial charge in [0.15, 0.2) is 0 Å². The van der Waals surface area contributed by atoms with Crippen molar-refractivity contribution in [3.8, 4) is 17.2 Å². The van der Waals surface area contributed by atoms with Crippen molar-refractivity contribution in [3.63, 3.8) is 0 Å². The van der Waals surface area contributed by atoms with Crippen LogP contribution in [0, 0.1) is 0 Å². The van der Waals surface area contributed by atoms with Crippen LogP contribution in [0.25, 0.3) is 0 Å². The van der Waals surface area contributed by atoms with E-state index in [4.69, 9.17) is 14.2 Å². The summed E-state index contributed by atoms with van der Waals surface area (Å²) in [7, 11) is 1.63. The van der Waals surface area contributed by atoms with Crippen LogP contribution in [0.2, 0.25) is 0 Å². The summed E-state index contributed by atoms with van der Waals surface area (Å²) in [5, 5.41) is 3.15. The van der Waals surface area contributed by atoms with Gasteiger partial charge in [-0.1, -0.05) is 6.92 Å². The van der Waals surface area contributed by atoms with Crippen molar-refractivity contribution in [2.24, 2.45) is 0 Å². The van der Waals surface area contributed by atoms with Gasteiger partial charge in [-0.3, -0.25) is 4.79 Å². The number of hydrogen-bond donors (Lipinski definition) is 1. The van der Waals surface area contributed by atoms with Gasteiger partial charge in [0.1, 0.15) is 22.8 Å². The van der Waals surface area contributed by atoms with Crippen LogP contribution in [0.1, 0.15) is 55.6 Å². The molecule has 3 rings (SSSR count). The first-order valence-electron chi connectivity index (χ1n) is 9.32. The van der Waals surface area contributed by atoms with Crippen LogP contribution in [-0.4, -0.2) is 25.2 Å². The first-order chi connectivity index (χ1) is 12.9. The Bertz CT molecular complexity index is 798. The fraction of sp³-hybridized carbons (Fsp3) is 0.409. The van der Waals surface area contributed by atoms with Crippen LogP contribution < -0.4 is 19.5 Å². The Labute approximate surface area is 160 Å². The average molecular weight is 369 g/mol. The molecule has 144 valence electrons. The molecular formula is C22H27NO4. The van der Waals surface area contributed by atoms with Crippen LogP contribution in [0.15, 0.2) is 42.5 Å². The third-order valence-electron chi connectivity index (χ3n) is 4.57. The highest BCUT2D eigenvalue weighted by Crippen LogP contribution is 2.41. The summed E-state index contributed by atoms with van der Waals surface area (Å²) in [5.41, 5.74) is 1.19. The lowest BCUT2D eigenvalue weighted by Gasteiger charge is -2.38. The lowest BCUT2D eigenvalue weighted by Crippen LogP contribution is -2.41. The van der Waals surface area contributed by atoms with Crippen LogP contribution >= 0.6 is 0 Å². The number of hydrogen-bond acceptors (Lipinski definition) is 4. The van der Waals surface area contributed by atoms with Crippen molar-refractivity contribution in [1.82, 2.24) is 5.32 Å². The van der Waals surface area contributed by atoms with E-state index in [1.807, 2.05) is 44.2 Å². The van der Waals surface area contributed by atoms with Gasteiger partial charge in [-0.25, -0.2) is 0 Å². The van der Waals surface area contributed by atoms with Crippen LogP contribution in [0.3, 0.4) is 0 Å². The van der Waals surface area contributed by atoms with Crippen molar-refractivity contribution in [2.75, 3.05) is 13.7 Å². The standard InChI is InChI=1S/C22H27NO4/c1-5-12-26-16-8-6-15(7-9-16)21(24)23-19-14-22(2,3)27-20-13-17(25-4)10-11-18(19)20/h6-11,13,19H,5,12,14H2,1-4H3,(H,23,24)/t19-/m0/s1. The van der Waals surface area contributed by atoms with E-state index in [2.05, 4.69) is 12.2 Å². The van der Waals surface area contributed by atoms with Gasteiger partial charge in [0.2, 0.25) is 0 Å². The van der Waals surface area contributed by atoms with Gasteiger partial charge in [0.25, 0.3) is 5.91 Å². The molecule has 0 radical (unpaired) electrons. The van der Waals surface area contributed by atoms with E-state index in [-0.39, 0.29) is 17.6 Å². The molecule has 2 aromatic rings. The minimum absolute atomic E-state index is 0.110. The van der Waals surface area contributed by atoms with Gasteiger partial charge in [-0.15, -0.1) is 0 Å². The van der Waals surface area contributed by atoms with Gasteiger partial charge in [0, 0.05) is 23.6 Å². The highest BCUT2D eigenvalue weighted by atomic mass is 16.5. The van der Waals surface area contributed by atoms with Crippen molar-refractivity contribution < 1.29 is 19.0 Å². The maximum absolute atomic E-state index is 12.8. The second kappa shape index (κ2) is 7.91. The summed E-state index contributed by atoms with van der Waals surface area (Å²) in [6.45, 7) is 6.77. The Hall–Kier alpha value is -2.69. The first-order valence-corrected chi connectivity index (χ1v) is 9.32. The Kier molecular flexibility index (Phi) is 5.59. The zero-order chi connectivity index (χ0) is 19.4. The lowest BCUT2D eigenvalue weighted by atomic mass is 9.89. The second-order valence-corrected chi connectivity index (χ2v) is 7.37. The molecular weight excluding hydrogens is 342 g/mol. The average Bonchev–Trinajstić information content (AvgIpc) is 2.65. The third kappa shape index (κ3) is 4.54. The molecule has 0 fully saturated rings. The zero-order valence-electron chi connectivity index (χ0n) is 16.4. The number of rotatable bonds is 6. The summed E-state index contributed by atoms with van der Waals surface area (Å²) < 4.78 is 17.0. The Morgan fingerprint density at radius 1 is 1.19 bits per heavy atom. The second-order valence-electron chi connectivity index (χ2n) is 7.37. The predicted molar refractivity (Wildman–Crippen MR) is 105 cm³/mol. The minimum Gasteiger partial charge on any atom is -0.497 e. The van der Waals surface area contributed by atoms with Gasteiger partial charge < -0.3 is 19.5 Å². The number of ether oxygens (including phenoxy) is 3. The third-order valence-corrected chi connectivity index (χ3v) is 4.57. The van der Waals surface area contributed by atoms with E-state index in [0.717, 1.165) is 29.2 Å². The predicted octanol–water partition coefficient (Wildman–Crippen LogP) is 4.52. The molecule has 1 aliphatic rings. The van der Waals surface area contributed by atoms with Crippen molar-refractivity contribution in [2.45, 2.75) is 45.3 Å². The molecule has 0 unspecified atom stereocenters. The molecule has 0 bridgehead atoms. The van der Waals surface area contributed by atoms with Gasteiger partial charge in [-0.05, 0) is 56.7 Å². The maximum Gasteiger partial charge on any atom is 0.251 e. The molecule has 5 nitrogen and oxygen atoms in total. The molecule has 0 aromatic heterocycles. The van der Waals surface area contributed by atoms with Crippen molar-refractivity contribution >= 4 is 5.91 Å². The molecule has 5 heteroatoms. The molecule has 1 amide bonds. The van der Waals surface area contributed by atoms with E-state index >= 15 is 0 Å². The monoisotopic (exact) mass is 369 g/mol. The number of amides is 1.